The zero-order chi connectivity index (χ0) is 32.8. The summed E-state index contributed by atoms with van der Waals surface area (Å²) in [6, 6.07) is 40.9. The average Bonchev–Trinajstić information content (AvgIpc) is 3.11. The van der Waals surface area contributed by atoms with Crippen LogP contribution in [0.25, 0.3) is 0 Å². The van der Waals surface area contributed by atoms with Crippen LogP contribution in [0.15, 0.2) is 103 Å². The molecule has 5 aromatic carbocycles. The van der Waals surface area contributed by atoms with Crippen LogP contribution in [0.3, 0.4) is 0 Å². The van der Waals surface area contributed by atoms with Gasteiger partial charge in [-0.25, -0.2) is 0 Å². The smallest absolute Gasteiger partial charge is 0.252 e. The Morgan fingerprint density at radius 2 is 1.31 bits per heavy atom. The highest BCUT2D eigenvalue weighted by Gasteiger charge is 2.62. The van der Waals surface area contributed by atoms with E-state index in [4.69, 9.17) is 0 Å². The van der Waals surface area contributed by atoms with E-state index in [2.05, 4.69) is 141 Å². The largest absolute Gasteiger partial charge is 0.311 e. The van der Waals surface area contributed by atoms with Crippen LogP contribution in [0.5, 0.6) is 0 Å². The number of para-hydroxylation sites is 2. The maximum absolute atomic E-state index is 2.71. The predicted octanol–water partition coefficient (Wildman–Crippen LogP) is 9.68. The predicted molar refractivity (Wildman–Crippen MR) is 206 cm³/mol. The summed E-state index contributed by atoms with van der Waals surface area (Å²) in [6.07, 6.45) is 8.11. The lowest BCUT2D eigenvalue weighted by atomic mass is 9.32. The van der Waals surface area contributed by atoms with Crippen LogP contribution in [0.4, 0.5) is 34.1 Å². The van der Waals surface area contributed by atoms with Crippen molar-refractivity contribution in [1.29, 1.82) is 0 Å². The monoisotopic (exact) mass is 636 g/mol. The zero-order valence-electron chi connectivity index (χ0n) is 29.3. The van der Waals surface area contributed by atoms with Crippen LogP contribution in [0, 0.1) is 23.7 Å². The topological polar surface area (TPSA) is 6.48 Å². The summed E-state index contributed by atoms with van der Waals surface area (Å²) in [5.41, 5.74) is 18.7. The Hall–Kier alpha value is -4.24. The number of hydrogen-bond acceptors (Lipinski definition) is 2. The summed E-state index contributed by atoms with van der Waals surface area (Å²) in [4.78, 5) is 5.30. The molecular weight excluding hydrogens is 591 g/mol. The van der Waals surface area contributed by atoms with E-state index in [0.717, 1.165) is 30.1 Å². The zero-order valence-corrected chi connectivity index (χ0v) is 29.3. The van der Waals surface area contributed by atoms with Crippen LogP contribution in [-0.4, -0.2) is 6.71 Å². The third-order valence-corrected chi connectivity index (χ3v) is 13.9. The van der Waals surface area contributed by atoms with Gasteiger partial charge in [-0.2, -0.15) is 0 Å². The molecule has 5 aromatic rings. The van der Waals surface area contributed by atoms with Gasteiger partial charge >= 0.3 is 0 Å². The summed E-state index contributed by atoms with van der Waals surface area (Å²) in [6.45, 7) is 9.49. The van der Waals surface area contributed by atoms with Crippen molar-refractivity contribution in [2.45, 2.75) is 77.0 Å². The van der Waals surface area contributed by atoms with Crippen LogP contribution >= 0.6 is 0 Å². The van der Waals surface area contributed by atoms with E-state index in [1.807, 2.05) is 0 Å². The number of fused-ring (bicyclic) bond motifs is 6. The number of benzene rings is 5. The third kappa shape index (κ3) is 3.59. The molecule has 3 aliphatic heterocycles. The van der Waals surface area contributed by atoms with Crippen molar-refractivity contribution in [2.75, 3.05) is 9.80 Å². The molecule has 3 heteroatoms. The molecule has 49 heavy (non-hydrogen) atoms. The summed E-state index contributed by atoms with van der Waals surface area (Å²) in [5, 5.41) is 0. The Balaban J connectivity index is 1.22. The lowest BCUT2D eigenvalue weighted by molar-refractivity contribution is -0.0419. The van der Waals surface area contributed by atoms with Crippen molar-refractivity contribution >= 4 is 57.2 Å². The van der Waals surface area contributed by atoms with Crippen LogP contribution < -0.4 is 26.2 Å². The van der Waals surface area contributed by atoms with Crippen molar-refractivity contribution in [3.05, 3.63) is 125 Å². The van der Waals surface area contributed by atoms with Gasteiger partial charge in [0, 0.05) is 33.9 Å². The SMILES string of the molecule is CCc1cccc(N2c3cc(C(C)(C)C)ccc3B3c4cccc5c4N(c4ccccc4C54C5CC6CC(C5)CC4C6)c4cccc2c43)c1. The van der Waals surface area contributed by atoms with Crippen molar-refractivity contribution in [3.8, 4) is 0 Å². The molecule has 4 saturated carbocycles. The normalized spacial score (nSPS) is 26.4. The summed E-state index contributed by atoms with van der Waals surface area (Å²) < 4.78 is 0. The van der Waals surface area contributed by atoms with Crippen molar-refractivity contribution in [1.82, 2.24) is 0 Å². The first kappa shape index (κ1) is 28.6. The van der Waals surface area contributed by atoms with Gasteiger partial charge in [0.25, 0.3) is 6.71 Å². The van der Waals surface area contributed by atoms with E-state index >= 15 is 0 Å². The van der Waals surface area contributed by atoms with Gasteiger partial charge in [0.2, 0.25) is 0 Å². The van der Waals surface area contributed by atoms with E-state index in [1.54, 1.807) is 11.1 Å². The first-order chi connectivity index (χ1) is 23.9. The van der Waals surface area contributed by atoms with Gasteiger partial charge in [0.05, 0.1) is 5.69 Å². The quantitative estimate of drug-likeness (QED) is 0.174. The molecule has 0 radical (unpaired) electrons. The maximum Gasteiger partial charge on any atom is 0.252 e. The Labute approximate surface area is 292 Å². The molecule has 0 atom stereocenters. The Morgan fingerprint density at radius 3 is 2.06 bits per heavy atom. The highest BCUT2D eigenvalue weighted by Crippen LogP contribution is 2.69. The molecule has 7 aliphatic rings. The standard InChI is InChI=1S/C46H45BN2/c1-5-28-11-8-12-34(26-28)48-40-17-10-18-41-43(40)47(37-20-19-31(27-42(37)48)45(2,3)4)38-15-9-14-36-44(38)49(41)39-16-7-6-13-35(39)46(36)32-22-29-21-30(24-32)25-33(46)23-29/h6-20,26-27,29-30,32-33H,5,21-25H2,1-4H3. The van der Waals surface area contributed by atoms with Crippen molar-refractivity contribution in [3.63, 3.8) is 0 Å². The molecule has 0 saturated heterocycles. The Bertz CT molecular complexity index is 2180. The van der Waals surface area contributed by atoms with Gasteiger partial charge in [-0.05, 0) is 143 Å². The van der Waals surface area contributed by atoms with Gasteiger partial charge < -0.3 is 9.80 Å². The summed E-state index contributed by atoms with van der Waals surface area (Å²) in [7, 11) is 0. The van der Waals surface area contributed by atoms with Gasteiger partial charge in [0.15, 0.2) is 0 Å². The number of aryl methyl sites for hydroxylation is 1. The molecule has 4 fully saturated rings. The Kier molecular flexibility index (Phi) is 5.67. The van der Waals surface area contributed by atoms with E-state index in [0.29, 0.717) is 0 Å². The fraction of sp³-hybridized carbons (Fsp3) is 0.348. The maximum atomic E-state index is 2.71. The second-order valence-electron chi connectivity index (χ2n) is 17.3. The van der Waals surface area contributed by atoms with Gasteiger partial charge in [-0.3, -0.25) is 0 Å². The second kappa shape index (κ2) is 9.72. The minimum Gasteiger partial charge on any atom is -0.311 e. The number of nitrogens with zero attached hydrogens (tertiary/aromatic N) is 2. The van der Waals surface area contributed by atoms with Crippen LogP contribution in [0.1, 0.15) is 82.1 Å². The average molecular weight is 637 g/mol. The molecule has 1 spiro atoms. The second-order valence-corrected chi connectivity index (χ2v) is 17.3. The fourth-order valence-electron chi connectivity index (χ4n) is 12.2. The minimum atomic E-state index is 0.0545. The number of hydrogen-bond donors (Lipinski definition) is 0. The molecule has 3 heterocycles. The first-order valence-electron chi connectivity index (χ1n) is 19.1. The lowest BCUT2D eigenvalue weighted by Crippen LogP contribution is -2.64. The summed E-state index contributed by atoms with van der Waals surface area (Å²) in [5.74, 6) is 3.34. The van der Waals surface area contributed by atoms with E-state index in [1.165, 1.54) is 93.7 Å². The molecule has 2 nitrogen and oxygen atoms in total. The molecule has 0 N–H and O–H groups in total. The number of anilines is 6. The summed E-state index contributed by atoms with van der Waals surface area (Å²) >= 11 is 0. The minimum absolute atomic E-state index is 0.0545. The molecular formula is C46H45BN2. The lowest BCUT2D eigenvalue weighted by Gasteiger charge is -2.64. The van der Waals surface area contributed by atoms with Crippen molar-refractivity contribution < 1.29 is 0 Å². The molecule has 0 unspecified atom stereocenters. The van der Waals surface area contributed by atoms with Gasteiger partial charge in [-0.15, -0.1) is 0 Å². The molecule has 4 bridgehead atoms. The third-order valence-electron chi connectivity index (χ3n) is 13.9. The van der Waals surface area contributed by atoms with E-state index in [-0.39, 0.29) is 17.5 Å². The fourth-order valence-corrected chi connectivity index (χ4v) is 12.2. The molecule has 4 aliphatic carbocycles. The van der Waals surface area contributed by atoms with Crippen molar-refractivity contribution in [2.24, 2.45) is 23.7 Å². The highest BCUT2D eigenvalue weighted by atomic mass is 15.2. The van der Waals surface area contributed by atoms with Crippen LogP contribution in [0.2, 0.25) is 0 Å². The van der Waals surface area contributed by atoms with Gasteiger partial charge in [-0.1, -0.05) is 94.4 Å². The number of rotatable bonds is 2. The van der Waals surface area contributed by atoms with E-state index < -0.39 is 0 Å². The molecule has 242 valence electrons. The first-order valence-corrected chi connectivity index (χ1v) is 19.1. The molecule has 0 amide bonds. The Morgan fingerprint density at radius 1 is 0.633 bits per heavy atom. The van der Waals surface area contributed by atoms with Crippen LogP contribution in [-0.2, 0) is 17.3 Å². The van der Waals surface area contributed by atoms with Gasteiger partial charge in [0.1, 0.15) is 0 Å². The molecule has 12 rings (SSSR count). The highest BCUT2D eigenvalue weighted by molar-refractivity contribution is 7.00. The molecule has 0 aromatic heterocycles. The van der Waals surface area contributed by atoms with E-state index in [9.17, 15) is 0 Å².